The minimum absolute atomic E-state index is 0. The fraction of sp³-hybridized carbons (Fsp3) is 0.556. The number of carbonyl (C=O) groups excluding carboxylic acids is 2. The fourth-order valence-corrected chi connectivity index (χ4v) is 0.742. The third kappa shape index (κ3) is 4.50. The molecule has 0 rings (SSSR count). The predicted molar refractivity (Wildman–Crippen MR) is 44.6 cm³/mol. The van der Waals surface area contributed by atoms with Gasteiger partial charge < -0.3 is 9.84 Å². The van der Waals surface area contributed by atoms with E-state index in [0.717, 1.165) is 0 Å². The number of Topliss-reactive ketones (excluding diaryl/α,β-unsaturated/α-hetero) is 1. The summed E-state index contributed by atoms with van der Waals surface area (Å²) in [6.07, 6.45) is 0.219. The zero-order valence-corrected chi connectivity index (χ0v) is 9.05. The smallest absolute Gasteiger partial charge is 0.867 e. The van der Waals surface area contributed by atoms with Gasteiger partial charge in [-0.25, -0.2) is 4.79 Å². The van der Waals surface area contributed by atoms with Gasteiger partial charge in [-0.1, -0.05) is 6.92 Å². The van der Waals surface area contributed by atoms with E-state index < -0.39 is 11.7 Å². The molecule has 4 nitrogen and oxygen atoms in total. The van der Waals surface area contributed by atoms with Crippen molar-refractivity contribution in [3.8, 4) is 0 Å². The third-order valence-electron chi connectivity index (χ3n) is 1.54. The summed E-state index contributed by atoms with van der Waals surface area (Å²) in [6.45, 7) is 4.70. The standard InChI is InChI=1S/C9H14O4.Li/c1-4-7(10)6(3)8(11)9(12)13-5-2;/h11H,4-5H2,1-3H3;/q;+1/p-1. The van der Waals surface area contributed by atoms with Crippen LogP contribution in [0.3, 0.4) is 0 Å². The van der Waals surface area contributed by atoms with Crippen molar-refractivity contribution in [2.45, 2.75) is 27.2 Å². The van der Waals surface area contributed by atoms with Gasteiger partial charge in [0.15, 0.2) is 5.78 Å². The van der Waals surface area contributed by atoms with Gasteiger partial charge in [0, 0.05) is 6.42 Å². The Labute approximate surface area is 95.5 Å². The van der Waals surface area contributed by atoms with Crippen molar-refractivity contribution in [2.24, 2.45) is 0 Å². The molecule has 0 aromatic carbocycles. The predicted octanol–water partition coefficient (Wildman–Crippen LogP) is -2.83. The summed E-state index contributed by atoms with van der Waals surface area (Å²) in [6, 6.07) is 0. The molecule has 0 aromatic rings. The minimum atomic E-state index is -0.957. The Balaban J connectivity index is 0. The summed E-state index contributed by atoms with van der Waals surface area (Å²) in [5.74, 6) is -2.12. The number of esters is 1. The summed E-state index contributed by atoms with van der Waals surface area (Å²) >= 11 is 0. The molecule has 0 amide bonds. The first-order chi connectivity index (χ1) is 6.04. The van der Waals surface area contributed by atoms with Crippen molar-refractivity contribution in [2.75, 3.05) is 6.61 Å². The van der Waals surface area contributed by atoms with Crippen molar-refractivity contribution in [3.05, 3.63) is 11.3 Å². The van der Waals surface area contributed by atoms with E-state index in [1.54, 1.807) is 13.8 Å². The van der Waals surface area contributed by atoms with Crippen molar-refractivity contribution in [1.29, 1.82) is 0 Å². The van der Waals surface area contributed by atoms with E-state index in [1.165, 1.54) is 6.92 Å². The average Bonchev–Trinajstić information content (AvgIpc) is 2.14. The van der Waals surface area contributed by atoms with Gasteiger partial charge in [-0.2, -0.15) is 0 Å². The number of rotatable bonds is 4. The molecule has 0 bridgehead atoms. The van der Waals surface area contributed by atoms with Crippen LogP contribution in [0.25, 0.3) is 0 Å². The van der Waals surface area contributed by atoms with Crippen LogP contribution in [-0.2, 0) is 14.3 Å². The number of hydrogen-bond acceptors (Lipinski definition) is 4. The molecule has 0 aliphatic carbocycles. The summed E-state index contributed by atoms with van der Waals surface area (Å²) in [5.41, 5.74) is -0.0547. The van der Waals surface area contributed by atoms with Crippen molar-refractivity contribution in [3.63, 3.8) is 0 Å². The molecule has 14 heavy (non-hydrogen) atoms. The van der Waals surface area contributed by atoms with Crippen LogP contribution in [-0.4, -0.2) is 18.4 Å². The third-order valence-corrected chi connectivity index (χ3v) is 1.54. The Hall–Kier alpha value is -0.723. The van der Waals surface area contributed by atoms with Crippen molar-refractivity contribution >= 4 is 11.8 Å². The second kappa shape index (κ2) is 7.66. The van der Waals surface area contributed by atoms with Crippen LogP contribution >= 0.6 is 0 Å². The Morgan fingerprint density at radius 3 is 2.14 bits per heavy atom. The van der Waals surface area contributed by atoms with Crippen LogP contribution in [0.15, 0.2) is 11.3 Å². The quantitative estimate of drug-likeness (QED) is 0.208. The van der Waals surface area contributed by atoms with Crippen LogP contribution in [0.5, 0.6) is 0 Å². The second-order valence-electron chi connectivity index (χ2n) is 2.45. The Bertz CT molecular complexity index is 245. The number of carbonyl (C=O) groups is 2. The van der Waals surface area contributed by atoms with Gasteiger partial charge in [0.1, 0.15) is 0 Å². The molecule has 74 valence electrons. The molecule has 0 unspecified atom stereocenters. The van der Waals surface area contributed by atoms with E-state index in [0.29, 0.717) is 0 Å². The molecule has 0 radical (unpaired) electrons. The van der Waals surface area contributed by atoms with E-state index in [9.17, 15) is 14.7 Å². The Morgan fingerprint density at radius 2 is 1.79 bits per heavy atom. The molecule has 0 heterocycles. The number of hydrogen-bond donors (Lipinski definition) is 0. The average molecular weight is 192 g/mol. The van der Waals surface area contributed by atoms with Gasteiger partial charge in [0.2, 0.25) is 0 Å². The molecule has 0 spiro atoms. The first kappa shape index (κ1) is 15.7. The number of allylic oxidation sites excluding steroid dienone is 1. The van der Waals surface area contributed by atoms with Crippen LogP contribution in [0, 0.1) is 0 Å². The Kier molecular flexibility index (Phi) is 8.61. The van der Waals surface area contributed by atoms with Crippen LogP contribution in [0.2, 0.25) is 0 Å². The van der Waals surface area contributed by atoms with Crippen molar-refractivity contribution in [1.82, 2.24) is 0 Å². The summed E-state index contributed by atoms with van der Waals surface area (Å²) in [5, 5.41) is 11.1. The maximum absolute atomic E-state index is 11.1. The summed E-state index contributed by atoms with van der Waals surface area (Å²) in [7, 11) is 0. The number of ether oxygens (including phenoxy) is 1. The van der Waals surface area contributed by atoms with Crippen molar-refractivity contribution < 1.29 is 38.3 Å². The molecule has 0 N–H and O–H groups in total. The molecular formula is C9H13LiO4. The van der Waals surface area contributed by atoms with E-state index in [-0.39, 0.29) is 43.2 Å². The topological polar surface area (TPSA) is 66.4 Å². The van der Waals surface area contributed by atoms with E-state index in [1.807, 2.05) is 0 Å². The molecule has 0 aliphatic rings. The largest absolute Gasteiger partial charge is 1.00 e. The van der Waals surface area contributed by atoms with Crippen LogP contribution < -0.4 is 24.0 Å². The van der Waals surface area contributed by atoms with E-state index >= 15 is 0 Å². The van der Waals surface area contributed by atoms with Gasteiger partial charge in [-0.3, -0.25) is 4.79 Å². The molecular weight excluding hydrogens is 179 g/mol. The van der Waals surface area contributed by atoms with Gasteiger partial charge in [-0.05, 0) is 25.2 Å². The second-order valence-corrected chi connectivity index (χ2v) is 2.45. The van der Waals surface area contributed by atoms with Gasteiger partial charge in [0.25, 0.3) is 0 Å². The fourth-order valence-electron chi connectivity index (χ4n) is 0.742. The maximum atomic E-state index is 11.1. The molecule has 0 saturated heterocycles. The van der Waals surface area contributed by atoms with Gasteiger partial charge >= 0.3 is 24.8 Å². The molecule has 0 saturated carbocycles. The maximum Gasteiger partial charge on any atom is 1.00 e. The SMILES string of the molecule is CCOC(=O)C([O-])=C(C)C(=O)CC.[Li+]. The first-order valence-corrected chi connectivity index (χ1v) is 4.12. The first-order valence-electron chi connectivity index (χ1n) is 4.12. The van der Waals surface area contributed by atoms with Crippen LogP contribution in [0.1, 0.15) is 27.2 Å². The molecule has 0 aromatic heterocycles. The Morgan fingerprint density at radius 1 is 1.29 bits per heavy atom. The zero-order chi connectivity index (χ0) is 10.4. The summed E-state index contributed by atoms with van der Waals surface area (Å²) in [4.78, 5) is 21.9. The normalized spacial score (nSPS) is 11.1. The minimum Gasteiger partial charge on any atom is -0.867 e. The zero-order valence-electron chi connectivity index (χ0n) is 9.05. The number of ketones is 1. The van der Waals surface area contributed by atoms with Gasteiger partial charge in [0.05, 0.1) is 6.61 Å². The molecule has 5 heteroatoms. The van der Waals surface area contributed by atoms with E-state index in [2.05, 4.69) is 4.74 Å². The summed E-state index contributed by atoms with van der Waals surface area (Å²) < 4.78 is 4.46. The van der Waals surface area contributed by atoms with Crippen LogP contribution in [0.4, 0.5) is 0 Å². The van der Waals surface area contributed by atoms with Gasteiger partial charge in [-0.15, -0.1) is 0 Å². The molecule has 0 aliphatic heterocycles. The monoisotopic (exact) mass is 192 g/mol. The molecule has 0 fully saturated rings. The van der Waals surface area contributed by atoms with E-state index in [4.69, 9.17) is 0 Å². The molecule has 0 atom stereocenters.